The van der Waals surface area contributed by atoms with Crippen LogP contribution in [0.2, 0.25) is 0 Å². The van der Waals surface area contributed by atoms with Gasteiger partial charge in [-0.05, 0) is 29.8 Å². The summed E-state index contributed by atoms with van der Waals surface area (Å²) in [5.41, 5.74) is 7.34. The topological polar surface area (TPSA) is 68.9 Å². The molecule has 0 aliphatic carbocycles. The van der Waals surface area contributed by atoms with Crippen LogP contribution < -0.4 is 20.5 Å². The number of nitrogens with zero attached hydrogens (tertiary/aromatic N) is 1. The fourth-order valence-corrected chi connectivity index (χ4v) is 2.71. The summed E-state index contributed by atoms with van der Waals surface area (Å²) >= 11 is 0. The number of halogens is 2. The molecule has 7 heteroatoms. The van der Waals surface area contributed by atoms with E-state index in [1.165, 1.54) is 12.1 Å². The van der Waals surface area contributed by atoms with Crippen LogP contribution >= 0.6 is 24.0 Å². The molecule has 3 N–H and O–H groups in total. The van der Waals surface area contributed by atoms with E-state index in [9.17, 15) is 4.39 Å². The molecule has 5 nitrogen and oxygen atoms in total. The minimum Gasteiger partial charge on any atom is -0.490 e. The molecule has 1 aliphatic rings. The molecule has 0 saturated heterocycles. The van der Waals surface area contributed by atoms with Crippen molar-refractivity contribution in [2.75, 3.05) is 25.1 Å². The number of hydrogen-bond acceptors (Lipinski definition) is 3. The van der Waals surface area contributed by atoms with Crippen molar-refractivity contribution >= 4 is 35.6 Å². The summed E-state index contributed by atoms with van der Waals surface area (Å²) in [6, 6.07) is 12.1. The Bertz CT molecular complexity index is 812. The lowest BCUT2D eigenvalue weighted by atomic mass is 9.85. The van der Waals surface area contributed by atoms with Crippen molar-refractivity contribution in [1.29, 1.82) is 0 Å². The van der Waals surface area contributed by atoms with Gasteiger partial charge in [0.05, 0.1) is 19.8 Å². The maximum atomic E-state index is 13.5. The highest BCUT2D eigenvalue weighted by Crippen LogP contribution is 2.32. The summed E-state index contributed by atoms with van der Waals surface area (Å²) in [6.07, 6.45) is 0.857. The lowest BCUT2D eigenvalue weighted by Crippen LogP contribution is -2.27. The molecule has 0 unspecified atom stereocenters. The van der Waals surface area contributed by atoms with Crippen LogP contribution in [0.1, 0.15) is 25.8 Å². The zero-order chi connectivity index (χ0) is 18.6. The van der Waals surface area contributed by atoms with Crippen LogP contribution in [-0.2, 0) is 5.41 Å². The van der Waals surface area contributed by atoms with Crippen molar-refractivity contribution in [2.24, 2.45) is 10.7 Å². The van der Waals surface area contributed by atoms with Crippen LogP contribution in [0.3, 0.4) is 0 Å². The molecule has 3 rings (SSSR count). The van der Waals surface area contributed by atoms with E-state index in [0.717, 1.165) is 23.4 Å². The van der Waals surface area contributed by atoms with Crippen molar-refractivity contribution in [2.45, 2.75) is 25.7 Å². The normalized spacial score (nSPS) is 14.1. The van der Waals surface area contributed by atoms with E-state index in [1.807, 2.05) is 38.1 Å². The average molecular weight is 485 g/mol. The zero-order valence-corrected chi connectivity index (χ0v) is 17.8. The number of ether oxygens (including phenoxy) is 2. The molecular formula is C20H25FIN3O2. The predicted molar refractivity (Wildman–Crippen MR) is 117 cm³/mol. The molecule has 0 fully saturated rings. The monoisotopic (exact) mass is 485 g/mol. The summed E-state index contributed by atoms with van der Waals surface area (Å²) in [7, 11) is 0. The summed E-state index contributed by atoms with van der Waals surface area (Å²) in [6.45, 7) is 5.72. The number of rotatable bonds is 4. The SMILES string of the molecule is CC(C)(CN=C(N)Nc1ccc2c(c1)OCCCO2)c1cccc(F)c1.I. The van der Waals surface area contributed by atoms with Crippen molar-refractivity contribution in [3.8, 4) is 11.5 Å². The van der Waals surface area contributed by atoms with Crippen molar-refractivity contribution < 1.29 is 13.9 Å². The van der Waals surface area contributed by atoms with Crippen LogP contribution in [0.5, 0.6) is 11.5 Å². The molecular weight excluding hydrogens is 460 g/mol. The first-order valence-corrected chi connectivity index (χ1v) is 8.67. The third-order valence-electron chi connectivity index (χ3n) is 4.27. The Morgan fingerprint density at radius 1 is 1.15 bits per heavy atom. The Balaban J connectivity index is 0.00000261. The van der Waals surface area contributed by atoms with E-state index in [2.05, 4.69) is 10.3 Å². The van der Waals surface area contributed by atoms with Gasteiger partial charge in [-0.3, -0.25) is 4.99 Å². The molecule has 0 spiro atoms. The average Bonchev–Trinajstić information content (AvgIpc) is 2.85. The number of anilines is 1. The van der Waals surface area contributed by atoms with E-state index in [-0.39, 0.29) is 35.2 Å². The summed E-state index contributed by atoms with van der Waals surface area (Å²) < 4.78 is 24.7. The molecule has 27 heavy (non-hydrogen) atoms. The highest BCUT2D eigenvalue weighted by Gasteiger charge is 2.21. The molecule has 2 aromatic carbocycles. The number of nitrogens with one attached hydrogen (secondary N) is 1. The zero-order valence-electron chi connectivity index (χ0n) is 15.5. The van der Waals surface area contributed by atoms with E-state index in [1.54, 1.807) is 6.07 Å². The molecule has 0 bridgehead atoms. The lowest BCUT2D eigenvalue weighted by molar-refractivity contribution is 0.297. The summed E-state index contributed by atoms with van der Waals surface area (Å²) in [5.74, 6) is 1.47. The Morgan fingerprint density at radius 2 is 1.89 bits per heavy atom. The molecule has 0 radical (unpaired) electrons. The second kappa shape index (κ2) is 9.25. The van der Waals surface area contributed by atoms with Crippen LogP contribution in [0.25, 0.3) is 0 Å². The number of aliphatic imine (C=N–C) groups is 1. The molecule has 0 aromatic heterocycles. The van der Waals surface area contributed by atoms with E-state index in [0.29, 0.717) is 31.5 Å². The van der Waals surface area contributed by atoms with Crippen LogP contribution in [0.15, 0.2) is 47.5 Å². The number of hydrogen-bond donors (Lipinski definition) is 2. The number of guanidine groups is 1. The molecule has 1 heterocycles. The second-order valence-corrected chi connectivity index (χ2v) is 6.93. The van der Waals surface area contributed by atoms with Gasteiger partial charge < -0.3 is 20.5 Å². The van der Waals surface area contributed by atoms with Crippen molar-refractivity contribution in [3.05, 3.63) is 53.8 Å². The van der Waals surface area contributed by atoms with Gasteiger partial charge in [0.25, 0.3) is 0 Å². The van der Waals surface area contributed by atoms with E-state index >= 15 is 0 Å². The summed E-state index contributed by atoms with van der Waals surface area (Å²) in [5, 5.41) is 3.07. The van der Waals surface area contributed by atoms with Crippen molar-refractivity contribution in [1.82, 2.24) is 0 Å². The standard InChI is InChI=1S/C20H24FN3O2.HI/c1-20(2,14-5-3-6-15(21)11-14)13-23-19(22)24-16-7-8-17-18(12-16)26-10-4-9-25-17;/h3,5-8,11-12H,4,9-10,13H2,1-2H3,(H3,22,23,24);1H. The molecule has 146 valence electrons. The molecule has 0 atom stereocenters. The van der Waals surface area contributed by atoms with Gasteiger partial charge in [0, 0.05) is 23.6 Å². The third-order valence-corrected chi connectivity index (χ3v) is 4.27. The predicted octanol–water partition coefficient (Wildman–Crippen LogP) is 4.31. The van der Waals surface area contributed by atoms with Crippen LogP contribution in [0, 0.1) is 5.82 Å². The van der Waals surface area contributed by atoms with Gasteiger partial charge in [0.1, 0.15) is 5.82 Å². The third kappa shape index (κ3) is 5.72. The molecule has 1 aliphatic heterocycles. The number of nitrogens with two attached hydrogens (primary N) is 1. The quantitative estimate of drug-likeness (QED) is 0.385. The first-order chi connectivity index (χ1) is 12.4. The molecule has 2 aromatic rings. The first kappa shape index (κ1) is 21.3. The number of fused-ring (bicyclic) bond motifs is 1. The van der Waals surface area contributed by atoms with Gasteiger partial charge >= 0.3 is 0 Å². The Labute approximate surface area is 176 Å². The maximum absolute atomic E-state index is 13.5. The minimum atomic E-state index is -0.334. The maximum Gasteiger partial charge on any atom is 0.193 e. The van der Waals surface area contributed by atoms with Gasteiger partial charge in [-0.2, -0.15) is 0 Å². The van der Waals surface area contributed by atoms with Crippen LogP contribution in [0.4, 0.5) is 10.1 Å². The van der Waals surface area contributed by atoms with Gasteiger partial charge in [-0.25, -0.2) is 4.39 Å². The lowest BCUT2D eigenvalue weighted by Gasteiger charge is -2.23. The summed E-state index contributed by atoms with van der Waals surface area (Å²) in [4.78, 5) is 4.42. The Hall–Kier alpha value is -2.03. The first-order valence-electron chi connectivity index (χ1n) is 8.67. The van der Waals surface area contributed by atoms with E-state index < -0.39 is 0 Å². The Morgan fingerprint density at radius 3 is 2.63 bits per heavy atom. The minimum absolute atomic E-state index is 0. The fourth-order valence-electron chi connectivity index (χ4n) is 2.71. The van der Waals surface area contributed by atoms with Crippen LogP contribution in [-0.4, -0.2) is 25.7 Å². The van der Waals surface area contributed by atoms with E-state index in [4.69, 9.17) is 15.2 Å². The smallest absolute Gasteiger partial charge is 0.193 e. The Kier molecular flexibility index (Phi) is 7.29. The largest absolute Gasteiger partial charge is 0.490 e. The highest BCUT2D eigenvalue weighted by atomic mass is 127. The van der Waals surface area contributed by atoms with Gasteiger partial charge in [0.2, 0.25) is 0 Å². The molecule has 0 amide bonds. The van der Waals surface area contributed by atoms with Gasteiger partial charge in [0.15, 0.2) is 17.5 Å². The second-order valence-electron chi connectivity index (χ2n) is 6.93. The van der Waals surface area contributed by atoms with Gasteiger partial charge in [-0.15, -0.1) is 24.0 Å². The van der Waals surface area contributed by atoms with Gasteiger partial charge in [-0.1, -0.05) is 26.0 Å². The highest BCUT2D eigenvalue weighted by molar-refractivity contribution is 14.0. The number of benzene rings is 2. The molecule has 0 saturated carbocycles. The fraction of sp³-hybridized carbons (Fsp3) is 0.350. The van der Waals surface area contributed by atoms with Crippen molar-refractivity contribution in [3.63, 3.8) is 0 Å².